The van der Waals surface area contributed by atoms with Crippen LogP contribution in [-0.2, 0) is 0 Å². The molecule has 0 heterocycles. The maximum Gasteiger partial charge on any atom is -0.00180 e. The van der Waals surface area contributed by atoms with E-state index in [1.165, 1.54) is 45.2 Å². The molecule has 1 aliphatic rings. The molecule has 90 valence electrons. The molecular weight excluding hydrogens is 182 g/mol. The van der Waals surface area contributed by atoms with E-state index in [2.05, 4.69) is 33.0 Å². The molecule has 0 aromatic heterocycles. The summed E-state index contributed by atoms with van der Waals surface area (Å²) < 4.78 is 0. The van der Waals surface area contributed by atoms with Gasteiger partial charge in [0.2, 0.25) is 0 Å². The van der Waals surface area contributed by atoms with Gasteiger partial charge in [-0.15, -0.1) is 0 Å². The van der Waals surface area contributed by atoms with Crippen LogP contribution in [0.25, 0.3) is 0 Å². The molecule has 0 spiro atoms. The number of nitrogens with one attached hydrogen (secondary N) is 1. The highest BCUT2D eigenvalue weighted by Crippen LogP contribution is 2.28. The summed E-state index contributed by atoms with van der Waals surface area (Å²) in [6, 6.07) is 0. The first-order chi connectivity index (χ1) is 6.99. The summed E-state index contributed by atoms with van der Waals surface area (Å²) in [6.45, 7) is 11.8. The summed E-state index contributed by atoms with van der Waals surface area (Å²) in [5.74, 6) is 1.89. The second-order valence-corrected chi connectivity index (χ2v) is 6.54. The van der Waals surface area contributed by atoms with Crippen molar-refractivity contribution < 1.29 is 0 Å². The second kappa shape index (κ2) is 5.89. The predicted octanol–water partition coefficient (Wildman–Crippen LogP) is 3.84. The lowest BCUT2D eigenvalue weighted by Gasteiger charge is -2.29. The minimum absolute atomic E-state index is 0.477. The Balaban J connectivity index is 2.08. The van der Waals surface area contributed by atoms with E-state index in [9.17, 15) is 0 Å². The molecular formula is C14H29N. The zero-order valence-corrected chi connectivity index (χ0v) is 11.1. The third-order valence-corrected chi connectivity index (χ3v) is 3.75. The zero-order valence-electron chi connectivity index (χ0n) is 11.1. The zero-order chi connectivity index (χ0) is 11.3. The monoisotopic (exact) mass is 211 g/mol. The number of rotatable bonds is 4. The van der Waals surface area contributed by atoms with E-state index >= 15 is 0 Å². The van der Waals surface area contributed by atoms with Crippen molar-refractivity contribution in [3.63, 3.8) is 0 Å². The molecule has 0 bridgehead atoms. The van der Waals surface area contributed by atoms with Crippen molar-refractivity contribution in [2.45, 2.75) is 59.8 Å². The van der Waals surface area contributed by atoms with Gasteiger partial charge in [-0.1, -0.05) is 47.0 Å². The average Bonchev–Trinajstić information content (AvgIpc) is 2.13. The van der Waals surface area contributed by atoms with Crippen LogP contribution in [-0.4, -0.2) is 13.1 Å². The SMILES string of the molecule is CC1CCCCC1CNCCC(C)(C)C. The Morgan fingerprint density at radius 1 is 1.13 bits per heavy atom. The molecule has 0 aromatic rings. The smallest absolute Gasteiger partial charge is 0.00180 e. The topological polar surface area (TPSA) is 12.0 Å². The predicted molar refractivity (Wildman–Crippen MR) is 68.1 cm³/mol. The molecule has 0 aromatic carbocycles. The molecule has 1 fully saturated rings. The molecule has 0 amide bonds. The van der Waals surface area contributed by atoms with E-state index in [-0.39, 0.29) is 0 Å². The Kier molecular flexibility index (Phi) is 5.11. The van der Waals surface area contributed by atoms with Crippen LogP contribution in [0, 0.1) is 17.3 Å². The lowest BCUT2D eigenvalue weighted by atomic mass is 9.80. The number of hydrogen-bond donors (Lipinski definition) is 1. The van der Waals surface area contributed by atoms with Crippen molar-refractivity contribution in [3.8, 4) is 0 Å². The first-order valence-electron chi connectivity index (χ1n) is 6.70. The van der Waals surface area contributed by atoms with Gasteiger partial charge in [-0.3, -0.25) is 0 Å². The highest BCUT2D eigenvalue weighted by Gasteiger charge is 2.20. The average molecular weight is 211 g/mol. The first-order valence-corrected chi connectivity index (χ1v) is 6.70. The van der Waals surface area contributed by atoms with Crippen LogP contribution in [0.2, 0.25) is 0 Å². The van der Waals surface area contributed by atoms with Crippen molar-refractivity contribution in [2.75, 3.05) is 13.1 Å². The summed E-state index contributed by atoms with van der Waals surface area (Å²) in [5.41, 5.74) is 0.477. The van der Waals surface area contributed by atoms with Gasteiger partial charge in [-0.05, 0) is 43.2 Å². The molecule has 1 nitrogen and oxygen atoms in total. The van der Waals surface area contributed by atoms with Crippen LogP contribution in [0.1, 0.15) is 59.8 Å². The standard InChI is InChI=1S/C14H29N/c1-12-7-5-6-8-13(12)11-15-10-9-14(2,3)4/h12-13,15H,5-11H2,1-4H3. The highest BCUT2D eigenvalue weighted by atomic mass is 14.9. The normalized spacial score (nSPS) is 28.0. The summed E-state index contributed by atoms with van der Waals surface area (Å²) >= 11 is 0. The molecule has 1 heteroatoms. The summed E-state index contributed by atoms with van der Waals surface area (Å²) in [7, 11) is 0. The molecule has 2 atom stereocenters. The van der Waals surface area contributed by atoms with Crippen molar-refractivity contribution in [1.82, 2.24) is 5.32 Å². The minimum atomic E-state index is 0.477. The molecule has 2 unspecified atom stereocenters. The molecule has 15 heavy (non-hydrogen) atoms. The van der Waals surface area contributed by atoms with Gasteiger partial charge in [0.05, 0.1) is 0 Å². The van der Waals surface area contributed by atoms with Crippen molar-refractivity contribution in [1.29, 1.82) is 0 Å². The van der Waals surface area contributed by atoms with Crippen molar-refractivity contribution in [3.05, 3.63) is 0 Å². The minimum Gasteiger partial charge on any atom is -0.316 e. The summed E-state index contributed by atoms with van der Waals surface area (Å²) in [6.07, 6.45) is 7.10. The fourth-order valence-corrected chi connectivity index (χ4v) is 2.45. The van der Waals surface area contributed by atoms with E-state index in [1.807, 2.05) is 0 Å². The van der Waals surface area contributed by atoms with Crippen LogP contribution in [0.4, 0.5) is 0 Å². The summed E-state index contributed by atoms with van der Waals surface area (Å²) in [5, 5.41) is 3.64. The largest absolute Gasteiger partial charge is 0.316 e. The van der Waals surface area contributed by atoms with Crippen molar-refractivity contribution in [2.24, 2.45) is 17.3 Å². The Morgan fingerprint density at radius 3 is 2.40 bits per heavy atom. The van der Waals surface area contributed by atoms with E-state index < -0.39 is 0 Å². The van der Waals surface area contributed by atoms with Crippen LogP contribution in [0.15, 0.2) is 0 Å². The molecule has 1 rings (SSSR count). The quantitative estimate of drug-likeness (QED) is 0.697. The third kappa shape index (κ3) is 5.55. The molecule has 0 saturated heterocycles. The van der Waals surface area contributed by atoms with Gasteiger partial charge in [-0.25, -0.2) is 0 Å². The van der Waals surface area contributed by atoms with Crippen LogP contribution >= 0.6 is 0 Å². The molecule has 1 aliphatic carbocycles. The fourth-order valence-electron chi connectivity index (χ4n) is 2.45. The molecule has 0 radical (unpaired) electrons. The van der Waals surface area contributed by atoms with Crippen LogP contribution < -0.4 is 5.32 Å². The van der Waals surface area contributed by atoms with Gasteiger partial charge in [0.15, 0.2) is 0 Å². The maximum atomic E-state index is 3.64. The van der Waals surface area contributed by atoms with Gasteiger partial charge in [0.1, 0.15) is 0 Å². The van der Waals surface area contributed by atoms with Gasteiger partial charge in [0.25, 0.3) is 0 Å². The first kappa shape index (κ1) is 13.0. The maximum absolute atomic E-state index is 3.64. The van der Waals surface area contributed by atoms with E-state index in [0.29, 0.717) is 5.41 Å². The Labute approximate surface area is 96.0 Å². The Morgan fingerprint density at radius 2 is 1.80 bits per heavy atom. The van der Waals surface area contributed by atoms with Crippen LogP contribution in [0.5, 0.6) is 0 Å². The van der Waals surface area contributed by atoms with Gasteiger partial charge >= 0.3 is 0 Å². The van der Waals surface area contributed by atoms with E-state index in [0.717, 1.165) is 11.8 Å². The lowest BCUT2D eigenvalue weighted by molar-refractivity contribution is 0.243. The molecule has 0 aliphatic heterocycles. The highest BCUT2D eigenvalue weighted by molar-refractivity contribution is 4.74. The number of hydrogen-bond acceptors (Lipinski definition) is 1. The summed E-state index contributed by atoms with van der Waals surface area (Å²) in [4.78, 5) is 0. The van der Waals surface area contributed by atoms with Gasteiger partial charge < -0.3 is 5.32 Å². The Hall–Kier alpha value is -0.0400. The molecule has 1 N–H and O–H groups in total. The molecule has 1 saturated carbocycles. The fraction of sp³-hybridized carbons (Fsp3) is 1.00. The third-order valence-electron chi connectivity index (χ3n) is 3.75. The van der Waals surface area contributed by atoms with Gasteiger partial charge in [0, 0.05) is 0 Å². The van der Waals surface area contributed by atoms with E-state index in [1.54, 1.807) is 0 Å². The van der Waals surface area contributed by atoms with E-state index in [4.69, 9.17) is 0 Å². The van der Waals surface area contributed by atoms with Gasteiger partial charge in [-0.2, -0.15) is 0 Å². The Bertz CT molecular complexity index is 169. The second-order valence-electron chi connectivity index (χ2n) is 6.54. The van der Waals surface area contributed by atoms with Crippen molar-refractivity contribution >= 4 is 0 Å². The van der Waals surface area contributed by atoms with Crippen LogP contribution in [0.3, 0.4) is 0 Å². The lowest BCUT2D eigenvalue weighted by Crippen LogP contribution is -2.31.